The summed E-state index contributed by atoms with van der Waals surface area (Å²) in [5.41, 5.74) is 5.77. The molecule has 0 bridgehead atoms. The molecule has 0 spiro atoms. The van der Waals surface area contributed by atoms with Crippen molar-refractivity contribution in [2.75, 3.05) is 6.61 Å². The van der Waals surface area contributed by atoms with Gasteiger partial charge in [0.1, 0.15) is 12.1 Å². The Morgan fingerprint density at radius 1 is 0.630 bits per heavy atom. The van der Waals surface area contributed by atoms with Gasteiger partial charge in [-0.3, -0.25) is 9.59 Å². The lowest BCUT2D eigenvalue weighted by molar-refractivity contribution is -0.137. The average Bonchev–Trinajstić information content (AvgIpc) is 3.40. The van der Waals surface area contributed by atoms with Gasteiger partial charge < -0.3 is 20.5 Å². The number of carbonyl (C=O) groups excluding carboxylic acids is 2. The quantitative estimate of drug-likeness (QED) is 0.142. The third-order valence-corrected chi connectivity index (χ3v) is 8.47. The van der Waals surface area contributed by atoms with Gasteiger partial charge in [0.2, 0.25) is 5.91 Å². The molecule has 230 valence electrons. The van der Waals surface area contributed by atoms with Crippen molar-refractivity contribution in [1.29, 1.82) is 0 Å². The fourth-order valence-electron chi connectivity index (χ4n) is 6.46. The molecule has 5 aromatic rings. The summed E-state index contributed by atoms with van der Waals surface area (Å²) in [6.07, 6.45) is -1.50. The maximum Gasteiger partial charge on any atom is 0.407 e. The van der Waals surface area contributed by atoms with E-state index in [2.05, 4.69) is 22.8 Å². The van der Waals surface area contributed by atoms with Crippen LogP contribution in [0.1, 0.15) is 46.6 Å². The molecule has 3 N–H and O–H groups in total. The number of ether oxygens (including phenoxy) is 1. The zero-order valence-electron chi connectivity index (χ0n) is 25.1. The molecular weight excluding hydrogens is 576 g/mol. The molecule has 0 fully saturated rings. The van der Waals surface area contributed by atoms with Crippen LogP contribution in [0.15, 0.2) is 140 Å². The van der Waals surface area contributed by atoms with Crippen LogP contribution in [0.2, 0.25) is 0 Å². The van der Waals surface area contributed by atoms with Crippen molar-refractivity contribution in [2.24, 2.45) is 0 Å². The van der Waals surface area contributed by atoms with Gasteiger partial charge in [0, 0.05) is 12.3 Å². The molecule has 0 saturated heterocycles. The summed E-state index contributed by atoms with van der Waals surface area (Å²) in [5, 5.41) is 15.6. The Labute approximate surface area is 267 Å². The molecule has 0 saturated carbocycles. The van der Waals surface area contributed by atoms with Gasteiger partial charge in [-0.05, 0) is 38.9 Å². The predicted molar refractivity (Wildman–Crippen MR) is 176 cm³/mol. The van der Waals surface area contributed by atoms with Crippen LogP contribution < -0.4 is 10.6 Å². The van der Waals surface area contributed by atoms with Gasteiger partial charge in [0.25, 0.3) is 0 Å². The van der Waals surface area contributed by atoms with E-state index in [1.165, 1.54) is 0 Å². The van der Waals surface area contributed by atoms with Crippen molar-refractivity contribution in [3.05, 3.63) is 167 Å². The third-order valence-electron chi connectivity index (χ3n) is 8.47. The number of carbonyl (C=O) groups is 3. The molecule has 0 heterocycles. The molecule has 1 aliphatic rings. The topological polar surface area (TPSA) is 105 Å². The summed E-state index contributed by atoms with van der Waals surface area (Å²) in [6, 6.07) is 43.9. The van der Waals surface area contributed by atoms with Gasteiger partial charge in [0.15, 0.2) is 0 Å². The summed E-state index contributed by atoms with van der Waals surface area (Å²) in [5.74, 6) is -1.72. The highest BCUT2D eigenvalue weighted by Crippen LogP contribution is 2.44. The second-order valence-electron chi connectivity index (χ2n) is 11.4. The number of fused-ring (bicyclic) bond motifs is 3. The molecule has 0 unspecified atom stereocenters. The van der Waals surface area contributed by atoms with Crippen LogP contribution >= 0.6 is 0 Å². The molecule has 1 atom stereocenters. The summed E-state index contributed by atoms with van der Waals surface area (Å²) < 4.78 is 5.67. The Morgan fingerprint density at radius 2 is 1.07 bits per heavy atom. The van der Waals surface area contributed by atoms with Crippen molar-refractivity contribution in [3.63, 3.8) is 0 Å². The molecule has 0 aliphatic heterocycles. The normalized spacial score (nSPS) is 12.8. The van der Waals surface area contributed by atoms with Gasteiger partial charge in [-0.2, -0.15) is 0 Å². The SMILES string of the molecule is O=C(O)C[C@@H](CC(=O)NC(c1ccccc1)(c1ccccc1)c1ccccc1)NC(=O)OCC1c2ccccc2-c2ccccc21. The van der Waals surface area contributed by atoms with E-state index in [-0.39, 0.29) is 18.9 Å². The highest BCUT2D eigenvalue weighted by atomic mass is 16.5. The number of nitrogens with one attached hydrogen (secondary N) is 2. The molecule has 7 heteroatoms. The maximum atomic E-state index is 13.9. The monoisotopic (exact) mass is 610 g/mol. The minimum atomic E-state index is -1.14. The smallest absolute Gasteiger partial charge is 0.407 e. The molecule has 1 aliphatic carbocycles. The number of hydrogen-bond acceptors (Lipinski definition) is 4. The third kappa shape index (κ3) is 6.26. The van der Waals surface area contributed by atoms with E-state index in [1.54, 1.807) is 0 Å². The van der Waals surface area contributed by atoms with Crippen molar-refractivity contribution >= 4 is 18.0 Å². The van der Waals surface area contributed by atoms with Crippen LogP contribution in [0, 0.1) is 0 Å². The highest BCUT2D eigenvalue weighted by molar-refractivity contribution is 5.82. The fourth-order valence-corrected chi connectivity index (χ4v) is 6.46. The Morgan fingerprint density at radius 3 is 1.52 bits per heavy atom. The molecule has 0 radical (unpaired) electrons. The van der Waals surface area contributed by atoms with Crippen LogP contribution in [0.3, 0.4) is 0 Å². The molecule has 46 heavy (non-hydrogen) atoms. The van der Waals surface area contributed by atoms with Gasteiger partial charge in [-0.25, -0.2) is 4.79 Å². The molecule has 0 aromatic heterocycles. The van der Waals surface area contributed by atoms with Crippen LogP contribution in [-0.4, -0.2) is 35.7 Å². The zero-order chi connectivity index (χ0) is 31.9. The first-order chi connectivity index (χ1) is 22.5. The van der Waals surface area contributed by atoms with Gasteiger partial charge in [-0.15, -0.1) is 0 Å². The van der Waals surface area contributed by atoms with Crippen molar-refractivity contribution in [2.45, 2.75) is 30.3 Å². The van der Waals surface area contributed by atoms with E-state index in [1.807, 2.05) is 127 Å². The first-order valence-electron chi connectivity index (χ1n) is 15.3. The number of alkyl carbamates (subject to hydrolysis) is 1. The number of carboxylic acid groups (broad SMARTS) is 1. The number of benzene rings is 5. The molecule has 2 amide bonds. The molecule has 5 aromatic carbocycles. The first-order valence-corrected chi connectivity index (χ1v) is 15.3. The zero-order valence-corrected chi connectivity index (χ0v) is 25.1. The predicted octanol–water partition coefficient (Wildman–Crippen LogP) is 6.87. The molecule has 6 rings (SSSR count). The van der Waals surface area contributed by atoms with E-state index in [0.717, 1.165) is 38.9 Å². The fraction of sp³-hybridized carbons (Fsp3) is 0.154. The van der Waals surface area contributed by atoms with Crippen molar-refractivity contribution in [3.8, 4) is 11.1 Å². The van der Waals surface area contributed by atoms with Gasteiger partial charge in [0.05, 0.1) is 12.5 Å². The number of rotatable bonds is 11. The number of carboxylic acids is 1. The number of aliphatic carboxylic acids is 1. The highest BCUT2D eigenvalue weighted by Gasteiger charge is 2.38. The minimum absolute atomic E-state index is 0.0744. The van der Waals surface area contributed by atoms with Gasteiger partial charge >= 0.3 is 12.1 Å². The van der Waals surface area contributed by atoms with Crippen LogP contribution in [0.5, 0.6) is 0 Å². The van der Waals surface area contributed by atoms with E-state index in [9.17, 15) is 19.5 Å². The number of hydrogen-bond donors (Lipinski definition) is 3. The first kappa shape index (κ1) is 30.3. The lowest BCUT2D eigenvalue weighted by atomic mass is 9.77. The summed E-state index contributed by atoms with van der Waals surface area (Å²) in [4.78, 5) is 38.8. The van der Waals surface area contributed by atoms with Gasteiger partial charge in [-0.1, -0.05) is 140 Å². The molecule has 7 nitrogen and oxygen atoms in total. The second-order valence-corrected chi connectivity index (χ2v) is 11.4. The summed E-state index contributed by atoms with van der Waals surface area (Å²) in [6.45, 7) is 0.0744. The van der Waals surface area contributed by atoms with E-state index < -0.39 is 36.0 Å². The minimum Gasteiger partial charge on any atom is -0.481 e. The Hall–Kier alpha value is -5.69. The van der Waals surface area contributed by atoms with E-state index in [4.69, 9.17) is 4.74 Å². The van der Waals surface area contributed by atoms with Crippen LogP contribution in [0.25, 0.3) is 11.1 Å². The van der Waals surface area contributed by atoms with Crippen LogP contribution in [-0.2, 0) is 19.9 Å². The Bertz CT molecular complexity index is 1680. The van der Waals surface area contributed by atoms with Crippen molar-refractivity contribution in [1.82, 2.24) is 10.6 Å². The summed E-state index contributed by atoms with van der Waals surface area (Å²) >= 11 is 0. The largest absolute Gasteiger partial charge is 0.481 e. The average molecular weight is 611 g/mol. The van der Waals surface area contributed by atoms with E-state index in [0.29, 0.717) is 0 Å². The van der Waals surface area contributed by atoms with Crippen molar-refractivity contribution < 1.29 is 24.2 Å². The lowest BCUT2D eigenvalue weighted by Gasteiger charge is -2.37. The Balaban J connectivity index is 1.22. The number of amides is 2. The van der Waals surface area contributed by atoms with E-state index >= 15 is 0 Å². The Kier molecular flexibility index (Phi) is 8.92. The maximum absolute atomic E-state index is 13.9. The summed E-state index contributed by atoms with van der Waals surface area (Å²) in [7, 11) is 0. The standard InChI is InChI=1S/C39H34N2O5/c42-36(41-39(27-14-4-1-5-15-27,28-16-6-2-7-17-28)29-18-8-3-9-19-29)24-30(25-37(43)44)40-38(45)46-26-35-33-22-12-10-20-31(33)32-21-11-13-23-34(32)35/h1-23,30,35H,24-26H2,(H,40,45)(H,41,42)(H,43,44)/t30-/m1/s1. The molecular formula is C39H34N2O5. The lowest BCUT2D eigenvalue weighted by Crippen LogP contribution is -2.50. The van der Waals surface area contributed by atoms with Crippen LogP contribution in [0.4, 0.5) is 4.79 Å². The second kappa shape index (κ2) is 13.5.